The van der Waals surface area contributed by atoms with Crippen molar-refractivity contribution in [2.45, 2.75) is 129 Å². The Labute approximate surface area is 416 Å². The van der Waals surface area contributed by atoms with Gasteiger partial charge in [0, 0.05) is 5.41 Å². The highest BCUT2D eigenvalue weighted by atomic mass is 14.4. The molecule has 8 aromatic carbocycles. The van der Waals surface area contributed by atoms with Crippen LogP contribution >= 0.6 is 0 Å². The third-order valence-corrected chi connectivity index (χ3v) is 11.6. The van der Waals surface area contributed by atoms with Crippen molar-refractivity contribution in [2.75, 3.05) is 0 Å². The Hall–Kier alpha value is -5.98. The highest BCUT2D eigenvalue weighted by molar-refractivity contribution is 5.83. The van der Waals surface area contributed by atoms with Crippen LogP contribution in [0.4, 0.5) is 0 Å². The third-order valence-electron chi connectivity index (χ3n) is 11.6. The molecule has 1 aliphatic rings. The maximum Gasteiger partial charge on any atom is 0.0158 e. The Balaban J connectivity index is 0.000000220. The van der Waals surface area contributed by atoms with Crippen LogP contribution < -0.4 is 0 Å². The first-order chi connectivity index (χ1) is 32.2. The molecule has 68 heavy (non-hydrogen) atoms. The topological polar surface area (TPSA) is 0 Å². The second-order valence-corrected chi connectivity index (χ2v) is 21.1. The monoisotopic (exact) mass is 903 g/mol. The van der Waals surface area contributed by atoms with Crippen LogP contribution in [0.5, 0.6) is 0 Å². The molecule has 0 heteroatoms. The average Bonchev–Trinajstić information content (AvgIpc) is 3.55. The quantitative estimate of drug-likeness (QED) is 0.165. The molecule has 0 unspecified atom stereocenters. The lowest BCUT2D eigenvalue weighted by Crippen LogP contribution is -2.14. The molecule has 0 amide bonds. The zero-order chi connectivity index (χ0) is 50.3. The molecule has 8 aromatic rings. The molecule has 0 saturated carbocycles. The van der Waals surface area contributed by atoms with Gasteiger partial charge in [-0.25, -0.2) is 0 Å². The van der Waals surface area contributed by atoms with Crippen LogP contribution in [0.25, 0.3) is 44.2 Å². The third kappa shape index (κ3) is 19.7. The lowest BCUT2D eigenvalue weighted by atomic mass is 9.82. The average molecular weight is 903 g/mol. The van der Waals surface area contributed by atoms with E-state index in [9.17, 15) is 0 Å². The van der Waals surface area contributed by atoms with Gasteiger partial charge in [0.15, 0.2) is 0 Å². The lowest BCUT2D eigenvalue weighted by Gasteiger charge is -2.21. The number of hydrogen-bond donors (Lipinski definition) is 0. The second kappa shape index (κ2) is 28.4. The van der Waals surface area contributed by atoms with Crippen molar-refractivity contribution < 1.29 is 0 Å². The SMILES string of the molecule is CC(C)(C)C.CCC(C)C.CCC(C)C.Cc1ccc2c(c1)C(C)(C)c1ccccc1-2.Cc1ccc2ccccc2c1.Cc1cccc(-c2ccccc2)c1.Cc1ccccc1-c1ccccc1. The van der Waals surface area contributed by atoms with Crippen LogP contribution in [0.3, 0.4) is 0 Å². The summed E-state index contributed by atoms with van der Waals surface area (Å²) in [5, 5.41) is 2.64. The van der Waals surface area contributed by atoms with Gasteiger partial charge in [0.25, 0.3) is 0 Å². The van der Waals surface area contributed by atoms with E-state index in [0.717, 1.165) is 11.8 Å². The van der Waals surface area contributed by atoms with Crippen LogP contribution in [-0.2, 0) is 5.41 Å². The van der Waals surface area contributed by atoms with E-state index >= 15 is 0 Å². The summed E-state index contributed by atoms with van der Waals surface area (Å²) < 4.78 is 0. The Morgan fingerprint density at radius 2 is 0.779 bits per heavy atom. The van der Waals surface area contributed by atoms with E-state index < -0.39 is 0 Å². The van der Waals surface area contributed by atoms with Crippen LogP contribution in [0, 0.1) is 44.9 Å². The van der Waals surface area contributed by atoms with Crippen LogP contribution in [0.1, 0.15) is 129 Å². The molecule has 0 heterocycles. The molecule has 0 fully saturated rings. The smallest absolute Gasteiger partial charge is 0.0158 e. The maximum atomic E-state index is 2.33. The molecular formula is C68H86. The van der Waals surface area contributed by atoms with Crippen LogP contribution in [0.15, 0.2) is 194 Å². The van der Waals surface area contributed by atoms with Crippen molar-refractivity contribution in [3.63, 3.8) is 0 Å². The minimum absolute atomic E-state index is 0.151. The lowest BCUT2D eigenvalue weighted by molar-refractivity contribution is 0.469. The van der Waals surface area contributed by atoms with Crippen molar-refractivity contribution in [1.29, 1.82) is 0 Å². The maximum absolute atomic E-state index is 2.33. The summed E-state index contributed by atoms with van der Waals surface area (Å²) in [6, 6.07) is 68.4. The van der Waals surface area contributed by atoms with Gasteiger partial charge in [-0.1, -0.05) is 307 Å². The molecule has 0 atom stereocenters. The summed E-state index contributed by atoms with van der Waals surface area (Å²) in [4.78, 5) is 0. The first-order valence-electron chi connectivity index (χ1n) is 25.1. The van der Waals surface area contributed by atoms with E-state index in [1.54, 1.807) is 0 Å². The molecule has 0 aromatic heterocycles. The number of fused-ring (bicyclic) bond motifs is 4. The predicted molar refractivity (Wildman–Crippen MR) is 306 cm³/mol. The standard InChI is InChI=1S/C16H16.2C13H12.C11H10.3C5H12/c1-11-8-9-13-12-6-4-5-7-14(12)16(2,3)15(13)10-11;1-11-7-5-6-10-13(11)12-8-3-2-4-9-12;1-11-6-5-9-13(10-11)12-7-3-2-4-8-12;1-9-6-7-10-4-2-3-5-11(10)8-9;1-5(2,3)4;2*1-4-5(2)3/h4-10H,1-3H3;2*2-10H,1H3;2-8H,1H3;1-4H3;2*5H,4H2,1-3H3. The number of aryl methyl sites for hydroxylation is 4. The van der Waals surface area contributed by atoms with Gasteiger partial charge in [-0.05, 0) is 106 Å². The molecule has 358 valence electrons. The van der Waals surface area contributed by atoms with Gasteiger partial charge in [-0.2, -0.15) is 0 Å². The van der Waals surface area contributed by atoms with Gasteiger partial charge in [0.2, 0.25) is 0 Å². The summed E-state index contributed by atoms with van der Waals surface area (Å²) in [7, 11) is 0. The minimum atomic E-state index is 0.151. The van der Waals surface area contributed by atoms with E-state index in [1.807, 2.05) is 12.1 Å². The predicted octanol–water partition coefficient (Wildman–Crippen LogP) is 20.9. The first kappa shape index (κ1) is 56.3. The van der Waals surface area contributed by atoms with Crippen LogP contribution in [-0.4, -0.2) is 0 Å². The molecule has 0 N–H and O–H groups in total. The normalized spacial score (nSPS) is 11.4. The fraction of sp³-hybridized carbons (Fsp3) is 0.324. The molecule has 0 aliphatic heterocycles. The highest BCUT2D eigenvalue weighted by Crippen LogP contribution is 2.48. The summed E-state index contributed by atoms with van der Waals surface area (Å²) in [6.45, 7) is 35.2. The van der Waals surface area contributed by atoms with E-state index in [1.165, 1.54) is 90.4 Å². The number of benzene rings is 8. The Morgan fingerprint density at radius 3 is 1.32 bits per heavy atom. The van der Waals surface area contributed by atoms with E-state index in [2.05, 4.69) is 293 Å². The molecule has 0 nitrogen and oxygen atoms in total. The Kier molecular flexibility index (Phi) is 23.5. The minimum Gasteiger partial charge on any atom is -0.0651 e. The van der Waals surface area contributed by atoms with Crippen molar-refractivity contribution in [3.8, 4) is 33.4 Å². The zero-order valence-electron chi connectivity index (χ0n) is 45.0. The largest absolute Gasteiger partial charge is 0.0651 e. The van der Waals surface area contributed by atoms with E-state index in [0.29, 0.717) is 5.41 Å². The second-order valence-electron chi connectivity index (χ2n) is 21.1. The van der Waals surface area contributed by atoms with Gasteiger partial charge in [-0.15, -0.1) is 0 Å². The molecule has 9 rings (SSSR count). The molecular weight excluding hydrogens is 817 g/mol. The Morgan fingerprint density at radius 1 is 0.368 bits per heavy atom. The van der Waals surface area contributed by atoms with E-state index in [4.69, 9.17) is 0 Å². The van der Waals surface area contributed by atoms with Crippen molar-refractivity contribution in [2.24, 2.45) is 17.3 Å². The molecule has 1 aliphatic carbocycles. The number of hydrogen-bond acceptors (Lipinski definition) is 0. The van der Waals surface area contributed by atoms with Crippen molar-refractivity contribution in [1.82, 2.24) is 0 Å². The van der Waals surface area contributed by atoms with Gasteiger partial charge < -0.3 is 0 Å². The van der Waals surface area contributed by atoms with E-state index in [-0.39, 0.29) is 5.41 Å². The fourth-order valence-corrected chi connectivity index (χ4v) is 7.10. The molecule has 0 radical (unpaired) electrons. The molecule has 0 saturated heterocycles. The zero-order valence-corrected chi connectivity index (χ0v) is 45.0. The van der Waals surface area contributed by atoms with Gasteiger partial charge in [0.1, 0.15) is 0 Å². The fourth-order valence-electron chi connectivity index (χ4n) is 7.10. The molecule has 0 bridgehead atoms. The van der Waals surface area contributed by atoms with Gasteiger partial charge in [0.05, 0.1) is 0 Å². The van der Waals surface area contributed by atoms with Crippen molar-refractivity contribution in [3.05, 3.63) is 228 Å². The summed E-state index contributed by atoms with van der Waals surface area (Å²) in [5.74, 6) is 1.77. The highest BCUT2D eigenvalue weighted by Gasteiger charge is 2.34. The van der Waals surface area contributed by atoms with Crippen molar-refractivity contribution >= 4 is 10.8 Å². The summed E-state index contributed by atoms with van der Waals surface area (Å²) in [6.07, 6.45) is 2.61. The summed E-state index contributed by atoms with van der Waals surface area (Å²) in [5.41, 5.74) is 16.9. The van der Waals surface area contributed by atoms with Gasteiger partial charge >= 0.3 is 0 Å². The first-order valence-corrected chi connectivity index (χ1v) is 25.1. The summed E-state index contributed by atoms with van der Waals surface area (Å²) >= 11 is 0. The number of rotatable bonds is 4. The van der Waals surface area contributed by atoms with Gasteiger partial charge in [-0.3, -0.25) is 0 Å². The Bertz CT molecular complexity index is 2620. The molecule has 0 spiro atoms. The van der Waals surface area contributed by atoms with Crippen LogP contribution in [0.2, 0.25) is 0 Å².